The summed E-state index contributed by atoms with van der Waals surface area (Å²) in [4.78, 5) is 9.25. The van der Waals surface area contributed by atoms with E-state index in [1.54, 1.807) is 0 Å². The molecule has 0 aromatic heterocycles. The predicted molar refractivity (Wildman–Crippen MR) is 61.2 cm³/mol. The first-order chi connectivity index (χ1) is 6.39. The maximum atomic E-state index is 9.25. The van der Waals surface area contributed by atoms with E-state index >= 15 is 0 Å². The molecule has 3 nitrogen and oxygen atoms in total. The van der Waals surface area contributed by atoms with Gasteiger partial charge in [-0.2, -0.15) is 0 Å². The van der Waals surface area contributed by atoms with Crippen LogP contribution in [0.2, 0.25) is 0 Å². The normalized spacial score (nSPS) is 8.67. The third-order valence-corrected chi connectivity index (χ3v) is 1.42. The summed E-state index contributed by atoms with van der Waals surface area (Å²) >= 11 is 0. The van der Waals surface area contributed by atoms with Gasteiger partial charge in [0.15, 0.2) is 0 Å². The molecule has 0 aliphatic carbocycles. The first kappa shape index (κ1) is 20.1. The minimum absolute atomic E-state index is 0. The fourth-order valence-electron chi connectivity index (χ4n) is 0.774. The zero-order valence-corrected chi connectivity index (χ0v) is 12.1. The van der Waals surface area contributed by atoms with Crippen LogP contribution in [0.5, 0.6) is 0 Å². The molecule has 0 rings (SSSR count). The van der Waals surface area contributed by atoms with E-state index in [9.17, 15) is 4.79 Å². The smallest absolute Gasteiger partial charge is 1.00 e. The van der Waals surface area contributed by atoms with Crippen LogP contribution in [0.3, 0.4) is 0 Å². The Morgan fingerprint density at radius 2 is 1.53 bits per heavy atom. The molecule has 0 saturated heterocycles. The van der Waals surface area contributed by atoms with Crippen molar-refractivity contribution in [1.82, 2.24) is 0 Å². The van der Waals surface area contributed by atoms with Crippen LogP contribution < -0.4 is 29.6 Å². The van der Waals surface area contributed by atoms with Crippen molar-refractivity contribution in [2.45, 2.75) is 0 Å². The van der Waals surface area contributed by atoms with Crippen LogP contribution in [-0.2, 0) is 4.79 Å². The molecule has 0 amide bonds. The van der Waals surface area contributed by atoms with E-state index in [0.29, 0.717) is 0 Å². The van der Waals surface area contributed by atoms with E-state index in [4.69, 9.17) is 5.11 Å². The molecular formula is C11H21NNaO2+. The number of aliphatic carboxylic acids is 1. The summed E-state index contributed by atoms with van der Waals surface area (Å²) in [6.07, 6.45) is 4.70. The van der Waals surface area contributed by atoms with Gasteiger partial charge in [-0.1, -0.05) is 19.7 Å². The summed E-state index contributed by atoms with van der Waals surface area (Å²) in [5.74, 6) is -0.981. The first-order valence-corrected chi connectivity index (χ1v) is 4.28. The first-order valence-electron chi connectivity index (χ1n) is 4.28. The van der Waals surface area contributed by atoms with Crippen LogP contribution in [0.1, 0.15) is 1.43 Å². The number of hydrogen-bond donors (Lipinski definition) is 1. The fraction of sp³-hybridized carbons (Fsp3) is 0.364. The number of carbonyl (C=O) groups is 1. The maximum absolute atomic E-state index is 9.25. The van der Waals surface area contributed by atoms with E-state index in [1.165, 1.54) is 0 Å². The van der Waals surface area contributed by atoms with Gasteiger partial charge in [-0.25, -0.2) is 4.79 Å². The average Bonchev–Trinajstić information content (AvgIpc) is 2.05. The second kappa shape index (κ2) is 11.7. The van der Waals surface area contributed by atoms with Crippen molar-refractivity contribution in [1.29, 1.82) is 0 Å². The summed E-state index contributed by atoms with van der Waals surface area (Å²) in [6, 6.07) is 0. The van der Waals surface area contributed by atoms with Crippen molar-refractivity contribution in [3.8, 4) is 0 Å². The van der Waals surface area contributed by atoms with Gasteiger partial charge in [0, 0.05) is 6.08 Å². The van der Waals surface area contributed by atoms with Crippen molar-refractivity contribution in [2.75, 3.05) is 27.2 Å². The summed E-state index contributed by atoms with van der Waals surface area (Å²) < 4.78 is 0.951. The number of nitrogens with zero attached hydrogens (tertiary/aromatic N) is 1. The molecule has 0 bridgehead atoms. The van der Waals surface area contributed by atoms with Gasteiger partial charge in [0.25, 0.3) is 0 Å². The van der Waals surface area contributed by atoms with Gasteiger partial charge < -0.3 is 11.0 Å². The Morgan fingerprint density at radius 3 is 1.67 bits per heavy atom. The molecule has 0 unspecified atom stereocenters. The molecule has 15 heavy (non-hydrogen) atoms. The summed E-state index contributed by atoms with van der Waals surface area (Å²) in [7, 11) is 4.31. The van der Waals surface area contributed by atoms with Crippen LogP contribution in [-0.4, -0.2) is 42.7 Å². The van der Waals surface area contributed by atoms with Gasteiger partial charge in [0.1, 0.15) is 0 Å². The molecule has 0 radical (unpaired) electrons. The van der Waals surface area contributed by atoms with E-state index in [1.807, 2.05) is 12.2 Å². The van der Waals surface area contributed by atoms with Crippen molar-refractivity contribution in [3.05, 3.63) is 38.0 Å². The zero-order chi connectivity index (χ0) is 11.6. The molecule has 0 spiro atoms. The molecular weight excluding hydrogens is 201 g/mol. The third-order valence-electron chi connectivity index (χ3n) is 1.42. The molecule has 4 heteroatoms. The minimum atomic E-state index is -0.981. The molecule has 82 valence electrons. The van der Waals surface area contributed by atoms with Gasteiger partial charge in [0.05, 0.1) is 27.2 Å². The van der Waals surface area contributed by atoms with E-state index in [2.05, 4.69) is 33.8 Å². The topological polar surface area (TPSA) is 37.3 Å². The van der Waals surface area contributed by atoms with Crippen LogP contribution >= 0.6 is 0 Å². The molecule has 1 N–H and O–H groups in total. The third kappa shape index (κ3) is 19.9. The van der Waals surface area contributed by atoms with Crippen LogP contribution in [0, 0.1) is 0 Å². The molecule has 0 aromatic carbocycles. The maximum Gasteiger partial charge on any atom is 1.00 e. The van der Waals surface area contributed by atoms with Crippen molar-refractivity contribution in [2.24, 2.45) is 0 Å². The van der Waals surface area contributed by atoms with Crippen molar-refractivity contribution < 1.29 is 45.4 Å². The monoisotopic (exact) mass is 222 g/mol. The van der Waals surface area contributed by atoms with Gasteiger partial charge >= 0.3 is 35.5 Å². The number of likely N-dealkylation sites (N-methyl/N-ethyl adjacent to an activating group) is 1. The quantitative estimate of drug-likeness (QED) is 0.275. The standard InChI is InChI=1S/C8H16N.C3H4O2.Na.H/c1-5-7-9(3,4)8-6-2;1-2-3(4)5;;/h5-6H,1-2,7-8H2,3-4H3;2H,1H2,(H,4,5);;/q+1;;+1;-1. The zero-order valence-electron chi connectivity index (χ0n) is 11.1. The van der Waals surface area contributed by atoms with Crippen LogP contribution in [0.15, 0.2) is 38.0 Å². The molecule has 0 fully saturated rings. The Bertz CT molecular complexity index is 206. The number of carboxylic acids is 1. The summed E-state index contributed by atoms with van der Waals surface area (Å²) in [5, 5.41) is 7.60. The number of carboxylic acid groups (broad SMARTS) is 1. The Morgan fingerprint density at radius 1 is 1.27 bits per heavy atom. The van der Waals surface area contributed by atoms with Gasteiger partial charge in [-0.15, -0.1) is 0 Å². The number of rotatable bonds is 5. The number of hydrogen-bond acceptors (Lipinski definition) is 1. The molecule has 0 saturated carbocycles. The molecule has 0 aliphatic rings. The van der Waals surface area contributed by atoms with Gasteiger partial charge in [-0.05, 0) is 12.2 Å². The SMILES string of the molecule is C=CC(=O)O.C=CC[N+](C)(C)CC=C.[H-].[Na+]. The van der Waals surface area contributed by atoms with E-state index < -0.39 is 5.97 Å². The van der Waals surface area contributed by atoms with Crippen LogP contribution in [0.25, 0.3) is 0 Å². The Labute approximate surface area is 116 Å². The van der Waals surface area contributed by atoms with E-state index in [0.717, 1.165) is 23.6 Å². The predicted octanol–water partition coefficient (Wildman–Crippen LogP) is -1.19. The fourth-order valence-corrected chi connectivity index (χ4v) is 0.774. The molecule has 0 aromatic rings. The minimum Gasteiger partial charge on any atom is -1.00 e. The Hall–Kier alpha value is -0.350. The van der Waals surface area contributed by atoms with Crippen molar-refractivity contribution >= 4 is 5.97 Å². The largest absolute Gasteiger partial charge is 1.00 e. The second-order valence-corrected chi connectivity index (χ2v) is 3.42. The molecule has 0 atom stereocenters. The van der Waals surface area contributed by atoms with E-state index in [-0.39, 0.29) is 31.0 Å². The summed E-state index contributed by atoms with van der Waals surface area (Å²) in [5.41, 5.74) is 0. The summed E-state index contributed by atoms with van der Waals surface area (Å²) in [6.45, 7) is 12.3. The Balaban J connectivity index is -0.0000000904. The van der Waals surface area contributed by atoms with Crippen molar-refractivity contribution in [3.63, 3.8) is 0 Å². The van der Waals surface area contributed by atoms with Gasteiger partial charge in [0.2, 0.25) is 0 Å². The number of quaternary nitrogens is 1. The Kier molecular flexibility index (Phi) is 15.7. The van der Waals surface area contributed by atoms with Gasteiger partial charge in [-0.3, -0.25) is 0 Å². The second-order valence-electron chi connectivity index (χ2n) is 3.42. The van der Waals surface area contributed by atoms with Crippen LogP contribution in [0.4, 0.5) is 0 Å². The molecule has 0 heterocycles. The molecule has 0 aliphatic heterocycles. The average molecular weight is 222 g/mol.